The summed E-state index contributed by atoms with van der Waals surface area (Å²) in [4.78, 5) is 28.5. The van der Waals surface area contributed by atoms with Crippen LogP contribution in [-0.4, -0.2) is 25.0 Å². The van der Waals surface area contributed by atoms with Gasteiger partial charge in [0.1, 0.15) is 6.04 Å². The highest BCUT2D eigenvalue weighted by atomic mass is 35.5. The molecule has 0 heterocycles. The Labute approximate surface area is 123 Å². The van der Waals surface area contributed by atoms with Gasteiger partial charge in [0.25, 0.3) is 11.8 Å². The van der Waals surface area contributed by atoms with E-state index >= 15 is 0 Å². The average Bonchev–Trinajstić information content (AvgIpc) is 2.38. The molecule has 0 aliphatic heterocycles. The number of rotatable bonds is 6. The summed E-state index contributed by atoms with van der Waals surface area (Å²) in [5.41, 5.74) is 2.69. The van der Waals surface area contributed by atoms with Gasteiger partial charge in [-0.1, -0.05) is 25.4 Å². The van der Waals surface area contributed by atoms with E-state index in [2.05, 4.69) is 15.6 Å². The topological polar surface area (TPSA) is 67.4 Å². The van der Waals surface area contributed by atoms with Crippen molar-refractivity contribution in [2.24, 2.45) is 5.92 Å². The summed E-state index contributed by atoms with van der Waals surface area (Å²) in [6.45, 7) is 3.95. The molecule has 0 bridgehead atoms. The number of carbonyl (C=O) groups excluding carboxylic acids is 2. The quantitative estimate of drug-likeness (QED) is 0.791. The Hall–Kier alpha value is -1.59. The van der Waals surface area contributed by atoms with Crippen LogP contribution in [0.25, 0.3) is 0 Å². The SMILES string of the molecule is CONC(=O)[C@@H](CC(C)C)NC(=O)c1ccc(Cl)cc1. The fraction of sp³-hybridized carbons (Fsp3) is 0.429. The Morgan fingerprint density at radius 2 is 1.85 bits per heavy atom. The highest BCUT2D eigenvalue weighted by molar-refractivity contribution is 6.30. The molecule has 1 rings (SSSR count). The van der Waals surface area contributed by atoms with Crippen LogP contribution in [0.2, 0.25) is 5.02 Å². The summed E-state index contributed by atoms with van der Waals surface area (Å²) in [6, 6.07) is 5.83. The van der Waals surface area contributed by atoms with Crippen molar-refractivity contribution in [3.05, 3.63) is 34.9 Å². The molecule has 2 N–H and O–H groups in total. The lowest BCUT2D eigenvalue weighted by molar-refractivity contribution is -0.133. The van der Waals surface area contributed by atoms with Crippen LogP contribution in [0.15, 0.2) is 24.3 Å². The lowest BCUT2D eigenvalue weighted by Crippen LogP contribution is -2.47. The van der Waals surface area contributed by atoms with Gasteiger partial charge in [-0.05, 0) is 36.6 Å². The van der Waals surface area contributed by atoms with Crippen molar-refractivity contribution < 1.29 is 14.4 Å². The molecule has 1 aromatic rings. The number of benzene rings is 1. The predicted octanol–water partition coefficient (Wildman–Crippen LogP) is 2.16. The lowest BCUT2D eigenvalue weighted by Gasteiger charge is -2.19. The van der Waals surface area contributed by atoms with Gasteiger partial charge in [0.15, 0.2) is 0 Å². The molecular weight excluding hydrogens is 280 g/mol. The normalized spacial score (nSPS) is 12.1. The maximum atomic E-state index is 12.1. The summed E-state index contributed by atoms with van der Waals surface area (Å²) >= 11 is 5.77. The molecule has 0 aliphatic rings. The maximum absolute atomic E-state index is 12.1. The molecule has 0 spiro atoms. The molecule has 0 aliphatic carbocycles. The van der Waals surface area contributed by atoms with Crippen molar-refractivity contribution in [2.45, 2.75) is 26.3 Å². The van der Waals surface area contributed by atoms with Crippen molar-refractivity contribution in [1.82, 2.24) is 10.8 Å². The Balaban J connectivity index is 2.75. The Kier molecular flexibility index (Phi) is 6.48. The monoisotopic (exact) mass is 298 g/mol. The van der Waals surface area contributed by atoms with Crippen LogP contribution in [0, 0.1) is 5.92 Å². The predicted molar refractivity (Wildman–Crippen MR) is 77.3 cm³/mol. The number of hydroxylamine groups is 1. The molecule has 1 aromatic carbocycles. The van der Waals surface area contributed by atoms with E-state index in [1.165, 1.54) is 7.11 Å². The Bertz CT molecular complexity index is 460. The standard InChI is InChI=1S/C14H19ClN2O3/c1-9(2)8-12(14(19)17-20-3)16-13(18)10-4-6-11(15)7-5-10/h4-7,9,12H,8H2,1-3H3,(H,16,18)(H,17,19)/t12-/m1/s1. The first-order valence-corrected chi connectivity index (χ1v) is 6.71. The lowest BCUT2D eigenvalue weighted by atomic mass is 10.0. The van der Waals surface area contributed by atoms with Crippen LogP contribution in [0.4, 0.5) is 0 Å². The minimum atomic E-state index is -0.641. The molecule has 0 unspecified atom stereocenters. The molecule has 5 nitrogen and oxygen atoms in total. The molecular formula is C14H19ClN2O3. The van der Waals surface area contributed by atoms with Crippen LogP contribution >= 0.6 is 11.6 Å². The zero-order valence-electron chi connectivity index (χ0n) is 11.8. The number of amides is 2. The molecule has 6 heteroatoms. The molecule has 20 heavy (non-hydrogen) atoms. The van der Waals surface area contributed by atoms with Crippen LogP contribution in [-0.2, 0) is 9.63 Å². The zero-order chi connectivity index (χ0) is 15.1. The summed E-state index contributed by atoms with van der Waals surface area (Å²) < 4.78 is 0. The molecule has 0 saturated carbocycles. The van der Waals surface area contributed by atoms with Crippen molar-refractivity contribution in [3.8, 4) is 0 Å². The second-order valence-corrected chi connectivity index (χ2v) is 5.27. The second-order valence-electron chi connectivity index (χ2n) is 4.83. The van der Waals surface area contributed by atoms with Crippen molar-refractivity contribution in [2.75, 3.05) is 7.11 Å². The third kappa shape index (κ3) is 5.19. The largest absolute Gasteiger partial charge is 0.340 e. The second kappa shape index (κ2) is 7.87. The highest BCUT2D eigenvalue weighted by Gasteiger charge is 2.22. The minimum absolute atomic E-state index is 0.258. The van der Waals surface area contributed by atoms with Gasteiger partial charge >= 0.3 is 0 Å². The van der Waals surface area contributed by atoms with Gasteiger partial charge in [-0.3, -0.25) is 14.4 Å². The molecule has 0 saturated heterocycles. The van der Waals surface area contributed by atoms with Crippen molar-refractivity contribution in [1.29, 1.82) is 0 Å². The van der Waals surface area contributed by atoms with Gasteiger partial charge in [0, 0.05) is 10.6 Å². The number of hydrogen-bond donors (Lipinski definition) is 2. The third-order valence-corrected chi connectivity index (χ3v) is 2.89. The van der Waals surface area contributed by atoms with Gasteiger partial charge in [0.05, 0.1) is 7.11 Å². The number of hydrogen-bond acceptors (Lipinski definition) is 3. The van der Waals surface area contributed by atoms with Gasteiger partial charge in [0.2, 0.25) is 0 Å². The highest BCUT2D eigenvalue weighted by Crippen LogP contribution is 2.11. The summed E-state index contributed by atoms with van der Waals surface area (Å²) in [5.74, 6) is -0.435. The van der Waals surface area contributed by atoms with Crippen LogP contribution in [0.3, 0.4) is 0 Å². The Morgan fingerprint density at radius 3 is 2.35 bits per heavy atom. The Morgan fingerprint density at radius 1 is 1.25 bits per heavy atom. The fourth-order valence-corrected chi connectivity index (χ4v) is 1.84. The first kappa shape index (κ1) is 16.5. The van der Waals surface area contributed by atoms with Crippen molar-refractivity contribution in [3.63, 3.8) is 0 Å². The van der Waals surface area contributed by atoms with E-state index in [0.29, 0.717) is 17.0 Å². The molecule has 110 valence electrons. The van der Waals surface area contributed by atoms with Crippen LogP contribution < -0.4 is 10.8 Å². The van der Waals surface area contributed by atoms with Crippen molar-refractivity contribution >= 4 is 23.4 Å². The van der Waals surface area contributed by atoms with Gasteiger partial charge in [-0.15, -0.1) is 0 Å². The molecule has 0 radical (unpaired) electrons. The van der Waals surface area contributed by atoms with E-state index in [9.17, 15) is 9.59 Å². The summed E-state index contributed by atoms with van der Waals surface area (Å²) in [5, 5.41) is 3.25. The molecule has 0 aromatic heterocycles. The van der Waals surface area contributed by atoms with E-state index in [1.54, 1.807) is 24.3 Å². The fourth-order valence-electron chi connectivity index (χ4n) is 1.72. The number of halogens is 1. The van der Waals surface area contributed by atoms with Gasteiger partial charge < -0.3 is 5.32 Å². The van der Waals surface area contributed by atoms with Gasteiger partial charge in [-0.2, -0.15) is 0 Å². The molecule has 2 amide bonds. The van der Waals surface area contributed by atoms with E-state index < -0.39 is 6.04 Å². The molecule has 1 atom stereocenters. The zero-order valence-corrected chi connectivity index (χ0v) is 12.5. The summed E-state index contributed by atoms with van der Waals surface area (Å²) in [7, 11) is 1.35. The minimum Gasteiger partial charge on any atom is -0.340 e. The van der Waals surface area contributed by atoms with Crippen LogP contribution in [0.5, 0.6) is 0 Å². The molecule has 0 fully saturated rings. The first-order valence-electron chi connectivity index (χ1n) is 6.33. The van der Waals surface area contributed by atoms with Gasteiger partial charge in [-0.25, -0.2) is 5.48 Å². The number of nitrogens with one attached hydrogen (secondary N) is 2. The van der Waals surface area contributed by atoms with E-state index in [1.807, 2.05) is 13.8 Å². The van der Waals surface area contributed by atoms with E-state index in [0.717, 1.165) is 0 Å². The smallest absolute Gasteiger partial charge is 0.266 e. The summed E-state index contributed by atoms with van der Waals surface area (Å²) in [6.07, 6.45) is 0.522. The van der Waals surface area contributed by atoms with E-state index in [4.69, 9.17) is 11.6 Å². The number of carbonyl (C=O) groups is 2. The third-order valence-electron chi connectivity index (χ3n) is 2.64. The maximum Gasteiger partial charge on any atom is 0.266 e. The van der Waals surface area contributed by atoms with E-state index in [-0.39, 0.29) is 17.7 Å². The van der Waals surface area contributed by atoms with Crippen LogP contribution in [0.1, 0.15) is 30.6 Å². The average molecular weight is 299 g/mol. The first-order chi connectivity index (χ1) is 9.43.